The van der Waals surface area contributed by atoms with Crippen molar-refractivity contribution in [1.82, 2.24) is 19.7 Å². The van der Waals surface area contributed by atoms with E-state index in [9.17, 15) is 19.5 Å². The van der Waals surface area contributed by atoms with Gasteiger partial charge in [-0.2, -0.15) is 0 Å². The van der Waals surface area contributed by atoms with Crippen molar-refractivity contribution in [2.24, 2.45) is 34.5 Å². The number of hydrogen-bond donors (Lipinski definition) is 1. The fraction of sp³-hybridized carbons (Fsp3) is 0.650. The van der Waals surface area contributed by atoms with Gasteiger partial charge < -0.3 is 14.9 Å². The number of hydrogen-bond acceptors (Lipinski definition) is 6. The first-order valence-corrected chi connectivity index (χ1v) is 18.5. The minimum absolute atomic E-state index is 0.0205. The summed E-state index contributed by atoms with van der Waals surface area (Å²) in [6, 6.07) is 10.9. The number of likely N-dealkylation sites (tertiary alicyclic amines) is 1. The van der Waals surface area contributed by atoms with Gasteiger partial charge in [-0.05, 0) is 99.0 Å². The van der Waals surface area contributed by atoms with Gasteiger partial charge in [0, 0.05) is 49.9 Å². The third-order valence-electron chi connectivity index (χ3n) is 14.6. The SMILES string of the molecule is C#C[C@@]1(O)CC[C@H]2[C@@H]3CC[C@H]4CC(=O)[C@@H](N5CCN(C(=O)[C@@H]6CCCN6C(=O)c6ccc7ccccc7n6)CC5)C[C@]4(C)[C@H]3CC[C@@]21C. The number of fused-ring (bicyclic) bond motifs is 6. The molecule has 2 aliphatic heterocycles. The highest BCUT2D eigenvalue weighted by Crippen LogP contribution is 2.68. The maximum absolute atomic E-state index is 13.9. The number of pyridine rings is 1. The third kappa shape index (κ3) is 4.78. The van der Waals surface area contributed by atoms with Crippen LogP contribution in [0.15, 0.2) is 36.4 Å². The molecule has 3 heterocycles. The average molecular weight is 651 g/mol. The molecule has 4 aliphatic carbocycles. The van der Waals surface area contributed by atoms with E-state index in [1.165, 1.54) is 0 Å². The van der Waals surface area contributed by atoms with Crippen molar-refractivity contribution in [2.45, 2.75) is 95.7 Å². The number of ketones is 1. The number of carbonyl (C=O) groups is 3. The zero-order valence-corrected chi connectivity index (χ0v) is 28.6. The Labute approximate surface area is 284 Å². The fourth-order valence-electron chi connectivity index (χ4n) is 11.7. The summed E-state index contributed by atoms with van der Waals surface area (Å²) in [6.45, 7) is 7.78. The molecule has 9 atom stereocenters. The molecular weight excluding hydrogens is 600 g/mol. The average Bonchev–Trinajstić information content (AvgIpc) is 3.70. The van der Waals surface area contributed by atoms with Gasteiger partial charge in [0.25, 0.3) is 5.91 Å². The van der Waals surface area contributed by atoms with E-state index in [-0.39, 0.29) is 28.7 Å². The number of benzene rings is 1. The lowest BCUT2D eigenvalue weighted by Crippen LogP contribution is -2.62. The molecule has 8 nitrogen and oxygen atoms in total. The summed E-state index contributed by atoms with van der Waals surface area (Å²) in [4.78, 5) is 51.8. The zero-order chi connectivity index (χ0) is 33.4. The van der Waals surface area contributed by atoms with Gasteiger partial charge in [-0.3, -0.25) is 19.3 Å². The van der Waals surface area contributed by atoms with Gasteiger partial charge in [0.1, 0.15) is 23.1 Å². The van der Waals surface area contributed by atoms with Crippen molar-refractivity contribution in [3.63, 3.8) is 0 Å². The predicted molar refractivity (Wildman–Crippen MR) is 184 cm³/mol. The summed E-state index contributed by atoms with van der Waals surface area (Å²) in [6.07, 6.45) is 14.9. The van der Waals surface area contributed by atoms with E-state index >= 15 is 0 Å². The summed E-state index contributed by atoms with van der Waals surface area (Å²) in [5.41, 5.74) is 0.0318. The first-order chi connectivity index (χ1) is 23.1. The number of amides is 2. The van der Waals surface area contributed by atoms with E-state index in [0.717, 1.165) is 55.8 Å². The highest BCUT2D eigenvalue weighted by molar-refractivity contribution is 5.98. The molecule has 1 aromatic carbocycles. The maximum atomic E-state index is 13.9. The Bertz CT molecular complexity index is 1680. The van der Waals surface area contributed by atoms with Crippen LogP contribution >= 0.6 is 0 Å². The molecular formula is C40H50N4O4. The third-order valence-corrected chi connectivity index (χ3v) is 14.6. The van der Waals surface area contributed by atoms with Gasteiger partial charge in [-0.15, -0.1) is 6.42 Å². The lowest BCUT2D eigenvalue weighted by atomic mass is 9.44. The molecule has 6 fully saturated rings. The molecule has 8 rings (SSSR count). The number of terminal acetylenes is 1. The molecule has 4 saturated carbocycles. The van der Waals surface area contributed by atoms with E-state index < -0.39 is 11.6 Å². The molecule has 0 radical (unpaired) electrons. The molecule has 8 heteroatoms. The number of carbonyl (C=O) groups excluding carboxylic acids is 3. The van der Waals surface area contributed by atoms with Crippen LogP contribution in [-0.2, 0) is 9.59 Å². The van der Waals surface area contributed by atoms with Gasteiger partial charge in [0.15, 0.2) is 0 Å². The monoisotopic (exact) mass is 650 g/mol. The van der Waals surface area contributed by atoms with Gasteiger partial charge in [-0.25, -0.2) is 4.98 Å². The van der Waals surface area contributed by atoms with Crippen molar-refractivity contribution < 1.29 is 19.5 Å². The molecule has 6 aliphatic rings. The van der Waals surface area contributed by atoms with Crippen LogP contribution in [0.4, 0.5) is 0 Å². The first kappa shape index (κ1) is 32.0. The van der Waals surface area contributed by atoms with E-state index in [1.54, 1.807) is 11.0 Å². The molecule has 0 unspecified atom stereocenters. The predicted octanol–water partition coefficient (Wildman–Crippen LogP) is 4.94. The standard InChI is InChI=1S/C40H50N4O4/c1-4-40(48)18-16-30-28-13-12-27-24-35(45)34(25-38(27,2)29(28)15-17-39(30,40)3)42-20-22-43(23-21-42)37(47)33-10-7-19-44(33)36(46)32-14-11-26-8-5-6-9-31(26)41-32/h1,5-6,8-9,11,14,27-30,33-34,48H,7,10,12-13,15-25H2,2-3H3/t27-,28+,29-,30-,33-,34-,38-,39-,40+/m0/s1. The Kier molecular flexibility index (Phi) is 7.76. The highest BCUT2D eigenvalue weighted by atomic mass is 16.3. The molecule has 1 aromatic heterocycles. The van der Waals surface area contributed by atoms with Crippen LogP contribution in [0, 0.1) is 46.8 Å². The number of rotatable bonds is 3. The summed E-state index contributed by atoms with van der Waals surface area (Å²) in [5, 5.41) is 12.4. The van der Waals surface area contributed by atoms with Crippen LogP contribution in [-0.4, -0.2) is 92.8 Å². The second-order valence-electron chi connectivity index (χ2n) is 16.5. The van der Waals surface area contributed by atoms with E-state index in [2.05, 4.69) is 29.7 Å². The summed E-state index contributed by atoms with van der Waals surface area (Å²) >= 11 is 0. The fourth-order valence-corrected chi connectivity index (χ4v) is 11.7. The molecule has 2 saturated heterocycles. The van der Waals surface area contributed by atoms with Crippen molar-refractivity contribution in [3.05, 3.63) is 42.1 Å². The summed E-state index contributed by atoms with van der Waals surface area (Å²) in [5.74, 6) is 4.98. The smallest absolute Gasteiger partial charge is 0.273 e. The molecule has 2 amide bonds. The highest BCUT2D eigenvalue weighted by Gasteiger charge is 2.65. The lowest BCUT2D eigenvalue weighted by Gasteiger charge is -2.62. The zero-order valence-electron chi connectivity index (χ0n) is 28.6. The largest absolute Gasteiger partial charge is 0.377 e. The number of piperazine rings is 1. The molecule has 0 bridgehead atoms. The number of aromatic nitrogens is 1. The van der Waals surface area contributed by atoms with Gasteiger partial charge in [0.2, 0.25) is 5.91 Å². The Morgan fingerprint density at radius 1 is 0.938 bits per heavy atom. The van der Waals surface area contributed by atoms with Crippen molar-refractivity contribution >= 4 is 28.5 Å². The number of Topliss-reactive ketones (excluding diaryl/α,β-unsaturated/α-hetero) is 1. The van der Waals surface area contributed by atoms with E-state index in [1.807, 2.05) is 35.2 Å². The summed E-state index contributed by atoms with van der Waals surface area (Å²) in [7, 11) is 0. The Balaban J connectivity index is 0.927. The van der Waals surface area contributed by atoms with E-state index in [4.69, 9.17) is 6.42 Å². The molecule has 2 aromatic rings. The lowest BCUT2D eigenvalue weighted by molar-refractivity contribution is -0.158. The van der Waals surface area contributed by atoms with Crippen molar-refractivity contribution in [3.8, 4) is 12.3 Å². The van der Waals surface area contributed by atoms with Crippen LogP contribution < -0.4 is 0 Å². The number of para-hydroxylation sites is 1. The minimum atomic E-state index is -1.00. The van der Waals surface area contributed by atoms with Crippen LogP contribution in [0.3, 0.4) is 0 Å². The molecule has 1 N–H and O–H groups in total. The normalized spacial score (nSPS) is 39.8. The van der Waals surface area contributed by atoms with Crippen LogP contribution in [0.2, 0.25) is 0 Å². The second-order valence-corrected chi connectivity index (χ2v) is 16.5. The second kappa shape index (κ2) is 11.7. The van der Waals surface area contributed by atoms with Gasteiger partial charge >= 0.3 is 0 Å². The van der Waals surface area contributed by atoms with E-state index in [0.29, 0.717) is 87.1 Å². The topological polar surface area (TPSA) is 94.0 Å². The number of nitrogens with zero attached hydrogens (tertiary/aromatic N) is 4. The van der Waals surface area contributed by atoms with Crippen LogP contribution in [0.5, 0.6) is 0 Å². The Morgan fingerprint density at radius 3 is 2.50 bits per heavy atom. The van der Waals surface area contributed by atoms with Crippen molar-refractivity contribution in [2.75, 3.05) is 32.7 Å². The Morgan fingerprint density at radius 2 is 1.71 bits per heavy atom. The van der Waals surface area contributed by atoms with Crippen LogP contribution in [0.1, 0.15) is 88.5 Å². The summed E-state index contributed by atoms with van der Waals surface area (Å²) < 4.78 is 0. The van der Waals surface area contributed by atoms with Gasteiger partial charge in [-0.1, -0.05) is 44.0 Å². The maximum Gasteiger partial charge on any atom is 0.273 e. The quantitative estimate of drug-likeness (QED) is 0.474. The van der Waals surface area contributed by atoms with Crippen LogP contribution in [0.25, 0.3) is 10.9 Å². The van der Waals surface area contributed by atoms with Crippen molar-refractivity contribution in [1.29, 1.82) is 0 Å². The first-order valence-electron chi connectivity index (χ1n) is 18.5. The van der Waals surface area contributed by atoms with Gasteiger partial charge in [0.05, 0.1) is 11.6 Å². The number of aliphatic hydroxyl groups is 1. The Hall–Kier alpha value is -3.28. The molecule has 254 valence electrons. The molecule has 0 spiro atoms. The minimum Gasteiger partial charge on any atom is -0.377 e. The molecule has 48 heavy (non-hydrogen) atoms.